The fourth-order valence-electron chi connectivity index (χ4n) is 2.60. The minimum atomic E-state index is -0.224. The molecule has 7 heteroatoms. The first kappa shape index (κ1) is 19.6. The highest BCUT2D eigenvalue weighted by Crippen LogP contribution is 2.40. The Morgan fingerprint density at radius 1 is 1.08 bits per heavy atom. The van der Waals surface area contributed by atoms with Crippen LogP contribution in [-0.4, -0.2) is 14.8 Å². The van der Waals surface area contributed by atoms with Crippen molar-refractivity contribution in [2.24, 2.45) is 0 Å². The van der Waals surface area contributed by atoms with Gasteiger partial charge in [0.15, 0.2) is 0 Å². The number of rotatable bonds is 7. The molecular formula is C19H16Cl3FN2S. The van der Waals surface area contributed by atoms with Crippen LogP contribution < -0.4 is 0 Å². The second-order valence-corrected chi connectivity index (χ2v) is 8.42. The molecule has 2 aromatic carbocycles. The van der Waals surface area contributed by atoms with Crippen LogP contribution in [0.25, 0.3) is 0 Å². The molecule has 0 N–H and O–H groups in total. The fraction of sp³-hybridized carbons (Fsp3) is 0.211. The third-order valence-corrected chi connectivity index (χ3v) is 6.32. The van der Waals surface area contributed by atoms with E-state index in [2.05, 4.69) is 4.98 Å². The zero-order valence-electron chi connectivity index (χ0n) is 13.7. The summed E-state index contributed by atoms with van der Waals surface area (Å²) in [5.41, 5.74) is 1.09. The summed E-state index contributed by atoms with van der Waals surface area (Å²) < 4.78 is 15.1. The Morgan fingerprint density at radius 3 is 2.38 bits per heavy atom. The summed E-state index contributed by atoms with van der Waals surface area (Å²) in [6.07, 6.45) is 7.18. The molecule has 3 aromatic rings. The summed E-state index contributed by atoms with van der Waals surface area (Å²) in [6.45, 7) is 0.765. The molecule has 1 unspecified atom stereocenters. The van der Waals surface area contributed by atoms with Gasteiger partial charge in [0, 0.05) is 34.1 Å². The van der Waals surface area contributed by atoms with Crippen LogP contribution in [0, 0.1) is 5.82 Å². The highest BCUT2D eigenvalue weighted by Gasteiger charge is 2.17. The SMILES string of the molecule is Fc1ccc(CCC(Cn2ccnc2)Sc2c(Cl)cc(Cl)cc2Cl)cc1. The third kappa shape index (κ3) is 5.40. The van der Waals surface area contributed by atoms with E-state index < -0.39 is 0 Å². The van der Waals surface area contributed by atoms with Gasteiger partial charge in [0.05, 0.1) is 16.4 Å². The first-order chi connectivity index (χ1) is 12.5. The van der Waals surface area contributed by atoms with E-state index in [1.165, 1.54) is 12.1 Å². The molecule has 1 atom stereocenters. The van der Waals surface area contributed by atoms with E-state index in [0.717, 1.165) is 29.8 Å². The van der Waals surface area contributed by atoms with E-state index in [-0.39, 0.29) is 11.1 Å². The summed E-state index contributed by atoms with van der Waals surface area (Å²) in [4.78, 5) is 4.92. The average Bonchev–Trinajstić information content (AvgIpc) is 3.10. The lowest BCUT2D eigenvalue weighted by atomic mass is 10.1. The normalized spacial score (nSPS) is 12.3. The maximum atomic E-state index is 13.1. The molecule has 0 aliphatic rings. The highest BCUT2D eigenvalue weighted by molar-refractivity contribution is 8.00. The molecule has 0 amide bonds. The van der Waals surface area contributed by atoms with E-state index >= 15 is 0 Å². The summed E-state index contributed by atoms with van der Waals surface area (Å²) >= 11 is 20.3. The molecule has 1 aromatic heterocycles. The minimum absolute atomic E-state index is 0.213. The predicted octanol–water partition coefficient (Wildman–Crippen LogP) is 6.78. The van der Waals surface area contributed by atoms with Gasteiger partial charge in [0.1, 0.15) is 5.82 Å². The predicted molar refractivity (Wildman–Crippen MR) is 108 cm³/mol. The van der Waals surface area contributed by atoms with Gasteiger partial charge in [-0.3, -0.25) is 0 Å². The van der Waals surface area contributed by atoms with Gasteiger partial charge in [0.2, 0.25) is 0 Å². The number of nitrogens with zero attached hydrogens (tertiary/aromatic N) is 2. The monoisotopic (exact) mass is 428 g/mol. The topological polar surface area (TPSA) is 17.8 Å². The molecule has 136 valence electrons. The number of hydrogen-bond donors (Lipinski definition) is 0. The largest absolute Gasteiger partial charge is 0.336 e. The minimum Gasteiger partial charge on any atom is -0.336 e. The van der Waals surface area contributed by atoms with Crippen molar-refractivity contribution >= 4 is 46.6 Å². The Hall–Kier alpha value is -1.20. The Balaban J connectivity index is 1.76. The number of hydrogen-bond acceptors (Lipinski definition) is 2. The molecular weight excluding hydrogens is 414 g/mol. The molecule has 0 spiro atoms. The molecule has 0 aliphatic heterocycles. The maximum absolute atomic E-state index is 13.1. The van der Waals surface area contributed by atoms with Crippen LogP contribution in [-0.2, 0) is 13.0 Å². The van der Waals surface area contributed by atoms with E-state index in [1.807, 2.05) is 22.9 Å². The van der Waals surface area contributed by atoms with Crippen LogP contribution >= 0.6 is 46.6 Å². The molecule has 1 heterocycles. The van der Waals surface area contributed by atoms with Crippen LogP contribution in [0.15, 0.2) is 60.0 Å². The van der Waals surface area contributed by atoms with Crippen molar-refractivity contribution in [1.29, 1.82) is 0 Å². The first-order valence-corrected chi connectivity index (χ1v) is 10.0. The molecule has 2 nitrogen and oxygen atoms in total. The van der Waals surface area contributed by atoms with Crippen molar-refractivity contribution in [3.63, 3.8) is 0 Å². The quantitative estimate of drug-likeness (QED) is 0.385. The Kier molecular flexibility index (Phi) is 6.87. The van der Waals surface area contributed by atoms with E-state index in [9.17, 15) is 4.39 Å². The van der Waals surface area contributed by atoms with Gasteiger partial charge in [-0.25, -0.2) is 9.37 Å². The highest BCUT2D eigenvalue weighted by atomic mass is 35.5. The van der Waals surface area contributed by atoms with Gasteiger partial charge >= 0.3 is 0 Å². The number of thioether (sulfide) groups is 1. The summed E-state index contributed by atoms with van der Waals surface area (Å²) in [6, 6.07) is 10.0. The van der Waals surface area contributed by atoms with Gasteiger partial charge in [0.25, 0.3) is 0 Å². The van der Waals surface area contributed by atoms with E-state index in [4.69, 9.17) is 34.8 Å². The van der Waals surface area contributed by atoms with Crippen molar-refractivity contribution in [3.05, 3.63) is 81.6 Å². The molecule has 3 rings (SSSR count). The van der Waals surface area contributed by atoms with E-state index in [1.54, 1.807) is 36.4 Å². The first-order valence-electron chi connectivity index (χ1n) is 8.02. The Morgan fingerprint density at radius 2 is 1.77 bits per heavy atom. The summed E-state index contributed by atoms with van der Waals surface area (Å²) in [5, 5.41) is 1.82. The molecule has 0 fully saturated rings. The Labute approximate surface area is 171 Å². The zero-order chi connectivity index (χ0) is 18.5. The van der Waals surface area contributed by atoms with Crippen molar-refractivity contribution < 1.29 is 4.39 Å². The van der Waals surface area contributed by atoms with Crippen LogP contribution in [0.5, 0.6) is 0 Å². The molecule has 0 saturated heterocycles. The van der Waals surface area contributed by atoms with Gasteiger partial charge in [-0.15, -0.1) is 11.8 Å². The van der Waals surface area contributed by atoms with Crippen molar-refractivity contribution in [1.82, 2.24) is 9.55 Å². The standard InChI is InChI=1S/C19H16Cl3FN2S/c20-14-9-17(21)19(18(22)10-14)26-16(11-25-8-7-24-12-25)6-3-13-1-4-15(23)5-2-13/h1-2,4-5,7-10,12,16H,3,6,11H2. The third-order valence-electron chi connectivity index (χ3n) is 3.89. The Bertz CT molecular complexity index is 831. The lowest BCUT2D eigenvalue weighted by Crippen LogP contribution is -2.13. The fourth-order valence-corrected chi connectivity index (χ4v) is 4.85. The summed E-state index contributed by atoms with van der Waals surface area (Å²) in [7, 11) is 0. The molecule has 0 bridgehead atoms. The van der Waals surface area contributed by atoms with Crippen LogP contribution in [0.2, 0.25) is 15.1 Å². The summed E-state index contributed by atoms with van der Waals surface area (Å²) in [5.74, 6) is -0.224. The second-order valence-electron chi connectivity index (χ2n) is 5.86. The number of benzene rings is 2. The van der Waals surface area contributed by atoms with Gasteiger partial charge in [-0.1, -0.05) is 46.9 Å². The number of imidazole rings is 1. The molecule has 26 heavy (non-hydrogen) atoms. The smallest absolute Gasteiger partial charge is 0.123 e. The van der Waals surface area contributed by atoms with Crippen molar-refractivity contribution in [2.75, 3.05) is 0 Å². The van der Waals surface area contributed by atoms with Crippen molar-refractivity contribution in [2.45, 2.75) is 29.5 Å². The van der Waals surface area contributed by atoms with Gasteiger partial charge < -0.3 is 4.57 Å². The van der Waals surface area contributed by atoms with Crippen LogP contribution in [0.3, 0.4) is 0 Å². The number of aromatic nitrogens is 2. The zero-order valence-corrected chi connectivity index (χ0v) is 16.8. The van der Waals surface area contributed by atoms with Crippen LogP contribution in [0.4, 0.5) is 4.39 Å². The lowest BCUT2D eigenvalue weighted by molar-refractivity contribution is 0.618. The number of halogens is 4. The van der Waals surface area contributed by atoms with Gasteiger partial charge in [-0.2, -0.15) is 0 Å². The molecule has 0 saturated carbocycles. The lowest BCUT2D eigenvalue weighted by Gasteiger charge is -2.19. The van der Waals surface area contributed by atoms with E-state index in [0.29, 0.717) is 15.1 Å². The maximum Gasteiger partial charge on any atom is 0.123 e. The van der Waals surface area contributed by atoms with Gasteiger partial charge in [-0.05, 0) is 42.7 Å². The average molecular weight is 430 g/mol. The number of aryl methyl sites for hydroxylation is 1. The molecule has 0 aliphatic carbocycles. The molecule has 0 radical (unpaired) electrons. The van der Waals surface area contributed by atoms with Crippen molar-refractivity contribution in [3.8, 4) is 0 Å². The van der Waals surface area contributed by atoms with Crippen LogP contribution in [0.1, 0.15) is 12.0 Å². The second kappa shape index (κ2) is 9.14.